The predicted octanol–water partition coefficient (Wildman–Crippen LogP) is -3.49. The number of carboxylic acid groups (broad SMARTS) is 1. The van der Waals surface area contributed by atoms with E-state index in [0.29, 0.717) is 17.0 Å². The van der Waals surface area contributed by atoms with Crippen LogP contribution >= 0.6 is 11.6 Å². The van der Waals surface area contributed by atoms with Crippen molar-refractivity contribution in [1.82, 2.24) is 5.32 Å². The molecule has 45 heavy (non-hydrogen) atoms. The standard InChI is InChI=1S/C30H40ClNO12.Na/c1-14-4-5-17(30(40-3)29(43-44-30)18-6-16-7-19(29)11-27(31,9-16)10-18)8-22(14)41-28(26(38)39)12-20(35)23(32-15(2)34)25(42-28)24(37)21(36)13-33;/h4-5,8,16,18-21,23-25,33,35-37H,6-7,9-13H2,1-3H3,(H,32,34)(H,38,39);/q;+1/p-1/t16?,18?,19?,20-,21?,23+,24?,25+,27?,28-,29?,30?;/m0./s1. The fourth-order valence-corrected chi connectivity index (χ4v) is 9.25. The summed E-state index contributed by atoms with van der Waals surface area (Å²) in [6.07, 6.45) is -3.40. The fraction of sp³-hybridized carbons (Fsp3) is 0.733. The van der Waals surface area contributed by atoms with Gasteiger partial charge in [-0.15, -0.1) is 11.6 Å². The molecule has 13 nitrogen and oxygen atoms in total. The Kier molecular flexibility index (Phi) is 9.73. The number of halogens is 1. The van der Waals surface area contributed by atoms with Crippen LogP contribution in [0.3, 0.4) is 0 Å². The van der Waals surface area contributed by atoms with Crippen LogP contribution in [0.2, 0.25) is 0 Å². The van der Waals surface area contributed by atoms with E-state index in [1.165, 1.54) is 7.11 Å². The van der Waals surface area contributed by atoms with E-state index < -0.39 is 72.5 Å². The molecule has 0 aromatic heterocycles. The van der Waals surface area contributed by atoms with E-state index in [1.54, 1.807) is 25.1 Å². The molecule has 7 rings (SSSR count). The van der Waals surface area contributed by atoms with Crippen LogP contribution in [-0.4, -0.2) is 92.7 Å². The maximum Gasteiger partial charge on any atom is 1.00 e. The van der Waals surface area contributed by atoms with Crippen LogP contribution in [-0.2, 0) is 34.6 Å². The molecule has 9 atom stereocenters. The van der Waals surface area contributed by atoms with Crippen molar-refractivity contribution >= 4 is 23.5 Å². The Hall–Kier alpha value is -1.07. The second kappa shape index (κ2) is 12.4. The molecule has 5 N–H and O–H groups in total. The van der Waals surface area contributed by atoms with Crippen LogP contribution in [0.15, 0.2) is 18.2 Å². The number of aryl methyl sites for hydroxylation is 1. The Morgan fingerprint density at radius 3 is 2.33 bits per heavy atom. The number of ether oxygens (including phenoxy) is 3. The molecule has 5 unspecified atom stereocenters. The summed E-state index contributed by atoms with van der Waals surface area (Å²) in [4.78, 5) is 36.1. The van der Waals surface area contributed by atoms with E-state index in [9.17, 15) is 35.1 Å². The number of hydrogen-bond donors (Lipinski definition) is 5. The third-order valence-electron chi connectivity index (χ3n) is 10.4. The van der Waals surface area contributed by atoms with Gasteiger partial charge >= 0.3 is 29.6 Å². The third kappa shape index (κ3) is 5.44. The van der Waals surface area contributed by atoms with Crippen LogP contribution in [0, 0.1) is 24.7 Å². The van der Waals surface area contributed by atoms with Crippen molar-refractivity contribution in [3.05, 3.63) is 29.3 Å². The summed E-state index contributed by atoms with van der Waals surface area (Å²) in [5.74, 6) is -5.80. The number of rotatable bonds is 9. The van der Waals surface area contributed by atoms with Crippen molar-refractivity contribution in [2.24, 2.45) is 17.8 Å². The molecular weight excluding hydrogens is 625 g/mol. The number of carbonyl (C=O) groups excluding carboxylic acids is 2. The molecule has 1 aromatic rings. The first-order valence-electron chi connectivity index (χ1n) is 15.0. The normalized spacial score (nSPS) is 42.8. The van der Waals surface area contributed by atoms with E-state index in [1.807, 2.05) is 0 Å². The number of methoxy groups -OCH3 is 1. The van der Waals surface area contributed by atoms with Gasteiger partial charge in [-0.3, -0.25) is 4.79 Å². The van der Waals surface area contributed by atoms with Crippen molar-refractivity contribution < 1.29 is 88.7 Å². The van der Waals surface area contributed by atoms with E-state index >= 15 is 0 Å². The quantitative estimate of drug-likeness (QED) is 0.0996. The van der Waals surface area contributed by atoms with E-state index in [4.69, 9.17) is 35.6 Å². The molecular formula is C30H39ClNNaO12. The van der Waals surface area contributed by atoms with Gasteiger partial charge in [0, 0.05) is 30.9 Å². The molecule has 244 valence electrons. The fourth-order valence-electron chi connectivity index (χ4n) is 8.66. The summed E-state index contributed by atoms with van der Waals surface area (Å²) in [6.45, 7) is 1.93. The molecule has 2 saturated heterocycles. The summed E-state index contributed by atoms with van der Waals surface area (Å²) in [5, 5.41) is 56.4. The second-order valence-corrected chi connectivity index (χ2v) is 14.0. The van der Waals surface area contributed by atoms with E-state index in [0.717, 1.165) is 39.0 Å². The summed E-state index contributed by atoms with van der Waals surface area (Å²) < 4.78 is 17.9. The van der Waals surface area contributed by atoms with Crippen LogP contribution in [0.25, 0.3) is 0 Å². The second-order valence-electron chi connectivity index (χ2n) is 13.2. The average molecular weight is 664 g/mol. The van der Waals surface area contributed by atoms with Crippen molar-refractivity contribution in [2.45, 2.75) is 105 Å². The maximum atomic E-state index is 12.7. The van der Waals surface area contributed by atoms with E-state index in [2.05, 4.69) is 5.32 Å². The zero-order chi connectivity index (χ0) is 31.8. The average Bonchev–Trinajstić information content (AvgIpc) is 2.94. The molecule has 4 bridgehead atoms. The van der Waals surface area contributed by atoms with Crippen molar-refractivity contribution in [2.75, 3.05) is 13.7 Å². The molecule has 2 aliphatic heterocycles. The monoisotopic (exact) mass is 663 g/mol. The Labute approximate surface area is 287 Å². The Balaban J connectivity index is 0.00000400. The van der Waals surface area contributed by atoms with Crippen molar-refractivity contribution in [3.63, 3.8) is 0 Å². The number of aliphatic hydroxyl groups is 4. The molecule has 4 aliphatic carbocycles. The first kappa shape index (κ1) is 35.2. The van der Waals surface area contributed by atoms with Crippen molar-refractivity contribution in [1.29, 1.82) is 0 Å². The smallest absolute Gasteiger partial charge is 0.543 e. The molecule has 1 spiro atoms. The van der Waals surface area contributed by atoms with Gasteiger partial charge in [-0.25, -0.2) is 4.89 Å². The summed E-state index contributed by atoms with van der Waals surface area (Å²) in [5.41, 5.74) is 0.194. The van der Waals surface area contributed by atoms with Crippen LogP contribution in [0.4, 0.5) is 0 Å². The largest absolute Gasteiger partial charge is 1.00 e. The summed E-state index contributed by atoms with van der Waals surface area (Å²) in [6, 6.07) is 3.71. The van der Waals surface area contributed by atoms with Gasteiger partial charge in [-0.1, -0.05) is 12.1 Å². The molecule has 6 fully saturated rings. The van der Waals surface area contributed by atoms with E-state index in [-0.39, 0.29) is 52.0 Å². The van der Waals surface area contributed by atoms with Gasteiger partial charge in [0.25, 0.3) is 11.6 Å². The first-order valence-corrected chi connectivity index (χ1v) is 15.3. The molecule has 0 radical (unpaired) electrons. The van der Waals surface area contributed by atoms with Crippen LogP contribution in [0.5, 0.6) is 5.75 Å². The zero-order valence-electron chi connectivity index (χ0n) is 25.7. The SMILES string of the molecule is COC1(c2ccc(C)c(O[C@@]3(C(=O)[O-])C[C@H](O)[C@@H](NC(C)=O)[C@H](C(O)C(O)CO)O3)c2)OOC12C1CC3CC2CC(Cl)(C3)C1.[Na+]. The van der Waals surface area contributed by atoms with Gasteiger partial charge in [0.1, 0.15) is 30.0 Å². The Bertz CT molecular complexity index is 1300. The predicted molar refractivity (Wildman–Crippen MR) is 147 cm³/mol. The minimum atomic E-state index is -2.67. The molecule has 1 amide bonds. The first-order chi connectivity index (χ1) is 20.7. The number of carboxylic acids is 1. The molecule has 2 heterocycles. The molecule has 15 heteroatoms. The minimum absolute atomic E-state index is 0. The number of alkyl halides is 1. The molecule has 1 aromatic carbocycles. The van der Waals surface area contributed by atoms with Gasteiger partial charge in [0.15, 0.2) is 5.60 Å². The Morgan fingerprint density at radius 1 is 1.16 bits per heavy atom. The number of amides is 1. The minimum Gasteiger partial charge on any atom is -0.543 e. The van der Waals surface area contributed by atoms with Gasteiger partial charge in [-0.2, -0.15) is 4.89 Å². The van der Waals surface area contributed by atoms with Gasteiger partial charge < -0.3 is 49.9 Å². The molecule has 6 aliphatic rings. The number of nitrogens with one attached hydrogen (secondary N) is 1. The zero-order valence-corrected chi connectivity index (χ0v) is 28.5. The summed E-state index contributed by atoms with van der Waals surface area (Å²) in [7, 11) is 1.52. The maximum absolute atomic E-state index is 12.7. The number of benzene rings is 1. The van der Waals surface area contributed by atoms with Gasteiger partial charge in [0.05, 0.1) is 18.8 Å². The Morgan fingerprint density at radius 2 is 1.82 bits per heavy atom. The number of aliphatic carboxylic acids is 1. The van der Waals surface area contributed by atoms with Gasteiger partial charge in [-0.05, 0) is 68.4 Å². The van der Waals surface area contributed by atoms with Crippen LogP contribution < -0.4 is 44.7 Å². The van der Waals surface area contributed by atoms with Crippen LogP contribution in [0.1, 0.15) is 56.6 Å². The van der Waals surface area contributed by atoms with Gasteiger partial charge in [0.2, 0.25) is 5.91 Å². The van der Waals surface area contributed by atoms with Crippen molar-refractivity contribution in [3.8, 4) is 5.75 Å². The number of hydrogen-bond acceptors (Lipinski definition) is 12. The third-order valence-corrected chi connectivity index (χ3v) is 10.9. The number of carbonyl (C=O) groups is 2. The topological polar surface area (TPSA) is 196 Å². The molecule has 4 saturated carbocycles. The number of aliphatic hydroxyl groups excluding tert-OH is 4. The summed E-state index contributed by atoms with van der Waals surface area (Å²) >= 11 is 7.01.